The number of nitrogens with two attached hydrogens (primary N) is 1. The van der Waals surface area contributed by atoms with Gasteiger partial charge in [-0.25, -0.2) is 0 Å². The van der Waals surface area contributed by atoms with Crippen LogP contribution < -0.4 is 21.7 Å². The molecule has 0 radical (unpaired) electrons. The minimum Gasteiger partial charge on any atom is -0.397 e. The van der Waals surface area contributed by atoms with Gasteiger partial charge < -0.3 is 31.9 Å². The van der Waals surface area contributed by atoms with Crippen LogP contribution in [0.4, 0.5) is 29.2 Å². The number of nitrogens with zero attached hydrogens (tertiary/aromatic N) is 3. The molecule has 1 aromatic heterocycles. The molecule has 2 aromatic rings. The molecule has 0 bridgehead atoms. The molecule has 9 nitrogen and oxygen atoms in total. The Morgan fingerprint density at radius 2 is 1.42 bits per heavy atom. The molecule has 130 valence electrons. The highest BCUT2D eigenvalue weighted by Gasteiger charge is 2.10. The number of hydrogen-bond acceptors (Lipinski definition) is 9. The third-order valence-electron chi connectivity index (χ3n) is 2.76. The lowest BCUT2D eigenvalue weighted by atomic mass is 10.3. The van der Waals surface area contributed by atoms with Gasteiger partial charge in [0.15, 0.2) is 0 Å². The van der Waals surface area contributed by atoms with Crippen LogP contribution in [0, 0.1) is 0 Å². The summed E-state index contributed by atoms with van der Waals surface area (Å²) >= 11 is 12.1. The quantitative estimate of drug-likeness (QED) is 0.377. The number of aliphatic hydroxyl groups is 2. The van der Waals surface area contributed by atoms with Gasteiger partial charge in [-0.3, -0.25) is 0 Å². The third kappa shape index (κ3) is 4.96. The predicted molar refractivity (Wildman–Crippen MR) is 95.1 cm³/mol. The lowest BCUT2D eigenvalue weighted by molar-refractivity contribution is 0.310. The summed E-state index contributed by atoms with van der Waals surface area (Å²) in [5.41, 5.74) is 6.52. The minimum atomic E-state index is -0.0761. The van der Waals surface area contributed by atoms with E-state index in [2.05, 4.69) is 30.9 Å². The molecule has 2 rings (SSSR count). The van der Waals surface area contributed by atoms with Gasteiger partial charge in [0.25, 0.3) is 0 Å². The maximum absolute atomic E-state index is 8.89. The van der Waals surface area contributed by atoms with Crippen LogP contribution >= 0.6 is 23.2 Å². The number of halogens is 2. The Hall–Kier alpha value is -2.07. The number of aliphatic hydroxyl groups excluding tert-OH is 2. The Morgan fingerprint density at radius 3 is 1.96 bits per heavy atom. The van der Waals surface area contributed by atoms with E-state index in [9.17, 15) is 0 Å². The maximum Gasteiger partial charge on any atom is 0.233 e. The third-order valence-corrected chi connectivity index (χ3v) is 3.40. The number of hydrogen-bond donors (Lipinski definition) is 6. The van der Waals surface area contributed by atoms with E-state index in [1.165, 1.54) is 6.07 Å². The van der Waals surface area contributed by atoms with Gasteiger partial charge in [0.05, 0.1) is 34.6 Å². The van der Waals surface area contributed by atoms with Crippen LogP contribution in [-0.2, 0) is 0 Å². The molecule has 0 atom stereocenters. The van der Waals surface area contributed by atoms with Gasteiger partial charge in [0.2, 0.25) is 17.8 Å². The molecule has 0 fully saturated rings. The first-order valence-corrected chi connectivity index (χ1v) is 7.76. The van der Waals surface area contributed by atoms with Crippen molar-refractivity contribution in [3.05, 3.63) is 22.2 Å². The van der Waals surface area contributed by atoms with Crippen molar-refractivity contribution in [2.45, 2.75) is 0 Å². The standard InChI is InChI=1S/C13H17Cl2N7O2/c14-7-6-10(8(15)5-9(7)16)19-13-21-11(17-1-3-23)20-12(22-13)18-2-4-24/h5-6,23-24H,1-4,16H2,(H3,17,18,19,20,21,22). The number of nitrogens with one attached hydrogen (secondary N) is 3. The Balaban J connectivity index is 2.28. The van der Waals surface area contributed by atoms with Crippen molar-refractivity contribution in [2.24, 2.45) is 0 Å². The molecular formula is C13H17Cl2N7O2. The second-order valence-corrected chi connectivity index (χ2v) is 5.40. The number of rotatable bonds is 8. The number of nitrogen functional groups attached to an aromatic ring is 1. The van der Waals surface area contributed by atoms with E-state index in [4.69, 9.17) is 39.1 Å². The van der Waals surface area contributed by atoms with Gasteiger partial charge in [-0.1, -0.05) is 23.2 Å². The highest BCUT2D eigenvalue weighted by atomic mass is 35.5. The topological polar surface area (TPSA) is 141 Å². The summed E-state index contributed by atoms with van der Waals surface area (Å²) in [5.74, 6) is 0.702. The van der Waals surface area contributed by atoms with Gasteiger partial charge in [-0.2, -0.15) is 15.0 Å². The molecule has 0 amide bonds. The van der Waals surface area contributed by atoms with Crippen molar-refractivity contribution in [2.75, 3.05) is 48.0 Å². The predicted octanol–water partition coefficient (Wildman–Crippen LogP) is 1.31. The van der Waals surface area contributed by atoms with Crippen LogP contribution in [0.15, 0.2) is 12.1 Å². The molecule has 0 unspecified atom stereocenters. The maximum atomic E-state index is 8.89. The summed E-state index contributed by atoms with van der Waals surface area (Å²) in [6.07, 6.45) is 0. The SMILES string of the molecule is Nc1cc(Cl)c(Nc2nc(NCCO)nc(NCCO)n2)cc1Cl. The molecule has 0 saturated carbocycles. The Morgan fingerprint density at radius 1 is 0.875 bits per heavy atom. The van der Waals surface area contributed by atoms with Crippen molar-refractivity contribution >= 4 is 52.4 Å². The zero-order valence-corrected chi connectivity index (χ0v) is 14.1. The molecule has 7 N–H and O–H groups in total. The van der Waals surface area contributed by atoms with Gasteiger partial charge >= 0.3 is 0 Å². The van der Waals surface area contributed by atoms with Gasteiger partial charge in [-0.15, -0.1) is 0 Å². The van der Waals surface area contributed by atoms with E-state index in [1.54, 1.807) is 6.07 Å². The zero-order chi connectivity index (χ0) is 17.5. The monoisotopic (exact) mass is 373 g/mol. The van der Waals surface area contributed by atoms with Gasteiger partial charge in [0.1, 0.15) is 0 Å². The van der Waals surface area contributed by atoms with E-state index in [0.29, 0.717) is 21.4 Å². The van der Waals surface area contributed by atoms with Crippen molar-refractivity contribution < 1.29 is 10.2 Å². The van der Waals surface area contributed by atoms with Crippen molar-refractivity contribution in [1.82, 2.24) is 15.0 Å². The van der Waals surface area contributed by atoms with E-state index < -0.39 is 0 Å². The van der Waals surface area contributed by atoms with E-state index in [-0.39, 0.29) is 44.1 Å². The van der Waals surface area contributed by atoms with Crippen molar-refractivity contribution in [1.29, 1.82) is 0 Å². The summed E-state index contributed by atoms with van der Waals surface area (Å²) in [6.45, 7) is 0.398. The molecule has 24 heavy (non-hydrogen) atoms. The van der Waals surface area contributed by atoms with Crippen molar-refractivity contribution in [3.8, 4) is 0 Å². The summed E-state index contributed by atoms with van der Waals surface area (Å²) in [6, 6.07) is 3.08. The lowest BCUT2D eigenvalue weighted by Crippen LogP contribution is -2.14. The Labute approximate surface area is 148 Å². The number of benzene rings is 1. The first kappa shape index (κ1) is 18.3. The van der Waals surface area contributed by atoms with Crippen LogP contribution in [0.1, 0.15) is 0 Å². The molecule has 1 aromatic carbocycles. The Kier molecular flexibility index (Phi) is 6.62. The molecule has 0 saturated heterocycles. The van der Waals surface area contributed by atoms with E-state index >= 15 is 0 Å². The fourth-order valence-electron chi connectivity index (χ4n) is 1.70. The smallest absolute Gasteiger partial charge is 0.233 e. The van der Waals surface area contributed by atoms with Crippen LogP contribution in [0.5, 0.6) is 0 Å². The number of anilines is 5. The highest BCUT2D eigenvalue weighted by molar-refractivity contribution is 6.37. The summed E-state index contributed by atoms with van der Waals surface area (Å²) < 4.78 is 0. The summed E-state index contributed by atoms with van der Waals surface area (Å²) in [7, 11) is 0. The van der Waals surface area contributed by atoms with Crippen LogP contribution in [-0.4, -0.2) is 51.5 Å². The summed E-state index contributed by atoms with van der Waals surface area (Å²) in [5, 5.41) is 27.1. The van der Waals surface area contributed by atoms with Crippen LogP contribution in [0.2, 0.25) is 10.0 Å². The normalized spacial score (nSPS) is 10.5. The molecule has 0 aliphatic carbocycles. The molecule has 0 aliphatic rings. The molecular weight excluding hydrogens is 357 g/mol. The Bertz CT molecular complexity index is 676. The largest absolute Gasteiger partial charge is 0.397 e. The second kappa shape index (κ2) is 8.69. The van der Waals surface area contributed by atoms with Crippen molar-refractivity contribution in [3.63, 3.8) is 0 Å². The zero-order valence-electron chi connectivity index (χ0n) is 12.6. The van der Waals surface area contributed by atoms with Crippen LogP contribution in [0.25, 0.3) is 0 Å². The van der Waals surface area contributed by atoms with E-state index in [1.807, 2.05) is 0 Å². The minimum absolute atomic E-state index is 0.0761. The first-order chi connectivity index (χ1) is 11.5. The van der Waals surface area contributed by atoms with Gasteiger partial charge in [-0.05, 0) is 12.1 Å². The lowest BCUT2D eigenvalue weighted by Gasteiger charge is -2.12. The fourth-order valence-corrected chi connectivity index (χ4v) is 2.09. The fraction of sp³-hybridized carbons (Fsp3) is 0.308. The molecule has 0 aliphatic heterocycles. The first-order valence-electron chi connectivity index (χ1n) is 7.00. The molecule has 11 heteroatoms. The molecule has 1 heterocycles. The second-order valence-electron chi connectivity index (χ2n) is 4.59. The average Bonchev–Trinajstić information content (AvgIpc) is 2.56. The number of aromatic nitrogens is 3. The molecule has 0 spiro atoms. The average molecular weight is 374 g/mol. The highest BCUT2D eigenvalue weighted by Crippen LogP contribution is 2.32. The summed E-state index contributed by atoms with van der Waals surface area (Å²) in [4.78, 5) is 12.5. The van der Waals surface area contributed by atoms with Gasteiger partial charge in [0, 0.05) is 13.1 Å². The van der Waals surface area contributed by atoms with Crippen LogP contribution in [0.3, 0.4) is 0 Å². The van der Waals surface area contributed by atoms with E-state index in [0.717, 1.165) is 0 Å².